The van der Waals surface area contributed by atoms with Gasteiger partial charge in [-0.3, -0.25) is 0 Å². The van der Waals surface area contributed by atoms with Gasteiger partial charge in [0.2, 0.25) is 0 Å². The number of ether oxygens (including phenoxy) is 1. The van der Waals surface area contributed by atoms with Crippen LogP contribution in [0.15, 0.2) is 36.4 Å². The van der Waals surface area contributed by atoms with Crippen LogP contribution in [0.1, 0.15) is 51.8 Å². The van der Waals surface area contributed by atoms with Crippen LogP contribution in [0.2, 0.25) is 10.0 Å². The number of nitrogens with one attached hydrogen (secondary N) is 1. The van der Waals surface area contributed by atoms with E-state index in [-0.39, 0.29) is 30.3 Å². The van der Waals surface area contributed by atoms with Crippen molar-refractivity contribution in [1.82, 2.24) is 5.32 Å². The summed E-state index contributed by atoms with van der Waals surface area (Å²) in [5.74, 6) is -0.138. The molecular formula is C19H20Cl3NO2. The first-order chi connectivity index (χ1) is 11.5. The molecule has 6 heteroatoms. The number of esters is 1. The minimum absolute atomic E-state index is 0. The van der Waals surface area contributed by atoms with E-state index in [1.807, 2.05) is 43.4 Å². The minimum atomic E-state index is -0.322. The predicted octanol–water partition coefficient (Wildman–Crippen LogP) is 5.39. The van der Waals surface area contributed by atoms with Gasteiger partial charge in [0.1, 0.15) is 0 Å². The molecule has 3 nitrogen and oxygen atoms in total. The van der Waals surface area contributed by atoms with Crippen LogP contribution < -0.4 is 5.32 Å². The average molecular weight is 401 g/mol. The van der Waals surface area contributed by atoms with E-state index < -0.39 is 0 Å². The van der Waals surface area contributed by atoms with Crippen molar-refractivity contribution >= 4 is 41.6 Å². The monoisotopic (exact) mass is 399 g/mol. The Morgan fingerprint density at radius 3 is 2.48 bits per heavy atom. The van der Waals surface area contributed by atoms with Crippen LogP contribution in [0.3, 0.4) is 0 Å². The van der Waals surface area contributed by atoms with Gasteiger partial charge in [-0.2, -0.15) is 0 Å². The van der Waals surface area contributed by atoms with Crippen LogP contribution in [0.25, 0.3) is 0 Å². The van der Waals surface area contributed by atoms with Crippen LogP contribution in [0, 0.1) is 0 Å². The van der Waals surface area contributed by atoms with Gasteiger partial charge < -0.3 is 10.1 Å². The van der Waals surface area contributed by atoms with E-state index in [4.69, 9.17) is 27.9 Å². The second-order valence-corrected chi connectivity index (χ2v) is 6.79. The SMILES string of the molecule is CNC1CCC(c2ccc(Cl)c(Cl)c2)c2cc(C(=O)OC)ccc21.Cl. The third-order valence-corrected chi connectivity index (χ3v) is 5.44. The highest BCUT2D eigenvalue weighted by molar-refractivity contribution is 6.42. The van der Waals surface area contributed by atoms with E-state index in [9.17, 15) is 4.79 Å². The normalized spacial score (nSPS) is 18.9. The van der Waals surface area contributed by atoms with Crippen LogP contribution in [0.5, 0.6) is 0 Å². The number of benzene rings is 2. The summed E-state index contributed by atoms with van der Waals surface area (Å²) in [6.07, 6.45) is 1.99. The van der Waals surface area contributed by atoms with Crippen LogP contribution in [-0.4, -0.2) is 20.1 Å². The van der Waals surface area contributed by atoms with Crippen molar-refractivity contribution in [3.05, 3.63) is 68.7 Å². The molecule has 0 aromatic heterocycles. The molecule has 0 saturated heterocycles. The summed E-state index contributed by atoms with van der Waals surface area (Å²) in [5, 5.41) is 4.45. The number of methoxy groups -OCH3 is 1. The highest BCUT2D eigenvalue weighted by Crippen LogP contribution is 2.42. The lowest BCUT2D eigenvalue weighted by atomic mass is 9.76. The molecule has 1 aliphatic carbocycles. The maximum atomic E-state index is 11.9. The molecule has 3 rings (SSSR count). The molecule has 0 amide bonds. The van der Waals surface area contributed by atoms with Gasteiger partial charge in [0.15, 0.2) is 0 Å². The highest BCUT2D eigenvalue weighted by Gasteiger charge is 2.28. The topological polar surface area (TPSA) is 38.3 Å². The number of halogens is 3. The summed E-state index contributed by atoms with van der Waals surface area (Å²) in [4.78, 5) is 11.9. The van der Waals surface area contributed by atoms with Gasteiger partial charge in [-0.1, -0.05) is 35.3 Å². The Kier molecular flexibility index (Phi) is 6.75. The second kappa shape index (κ2) is 8.41. The quantitative estimate of drug-likeness (QED) is 0.702. The molecule has 0 saturated carbocycles. The smallest absolute Gasteiger partial charge is 0.337 e. The van der Waals surface area contributed by atoms with Gasteiger partial charge in [-0.05, 0) is 60.8 Å². The first-order valence-corrected chi connectivity index (χ1v) is 8.65. The zero-order chi connectivity index (χ0) is 17.3. The Balaban J connectivity index is 0.00000225. The summed E-state index contributed by atoms with van der Waals surface area (Å²) < 4.78 is 4.86. The van der Waals surface area contributed by atoms with E-state index in [1.54, 1.807) is 0 Å². The van der Waals surface area contributed by atoms with E-state index in [2.05, 4.69) is 5.32 Å². The van der Waals surface area contributed by atoms with Crippen molar-refractivity contribution < 1.29 is 9.53 Å². The molecule has 1 aliphatic rings. The molecule has 2 atom stereocenters. The van der Waals surface area contributed by atoms with Crippen molar-refractivity contribution in [2.45, 2.75) is 24.8 Å². The second-order valence-electron chi connectivity index (χ2n) is 5.98. The molecule has 134 valence electrons. The number of fused-ring (bicyclic) bond motifs is 1. The fourth-order valence-corrected chi connectivity index (χ4v) is 3.76. The van der Waals surface area contributed by atoms with Crippen molar-refractivity contribution in [1.29, 1.82) is 0 Å². The lowest BCUT2D eigenvalue weighted by Crippen LogP contribution is -2.24. The van der Waals surface area contributed by atoms with Crippen molar-refractivity contribution in [2.75, 3.05) is 14.2 Å². The van der Waals surface area contributed by atoms with Crippen molar-refractivity contribution in [3.63, 3.8) is 0 Å². The van der Waals surface area contributed by atoms with E-state index in [0.717, 1.165) is 24.0 Å². The molecule has 0 spiro atoms. The fraction of sp³-hybridized carbons (Fsp3) is 0.316. The summed E-state index contributed by atoms with van der Waals surface area (Å²) >= 11 is 12.2. The average Bonchev–Trinajstić information content (AvgIpc) is 2.62. The Labute approximate surface area is 164 Å². The fourth-order valence-electron chi connectivity index (χ4n) is 3.46. The Morgan fingerprint density at radius 2 is 1.84 bits per heavy atom. The molecule has 0 radical (unpaired) electrons. The summed E-state index contributed by atoms with van der Waals surface area (Å²) in [5.41, 5.74) is 4.04. The molecule has 25 heavy (non-hydrogen) atoms. The minimum Gasteiger partial charge on any atom is -0.465 e. The van der Waals surface area contributed by atoms with Gasteiger partial charge in [-0.15, -0.1) is 12.4 Å². The zero-order valence-electron chi connectivity index (χ0n) is 14.0. The first-order valence-electron chi connectivity index (χ1n) is 7.89. The van der Waals surface area contributed by atoms with Crippen molar-refractivity contribution in [2.24, 2.45) is 0 Å². The van der Waals surface area contributed by atoms with Crippen LogP contribution in [-0.2, 0) is 4.74 Å². The van der Waals surface area contributed by atoms with Gasteiger partial charge in [0, 0.05) is 12.0 Å². The Morgan fingerprint density at radius 1 is 1.08 bits per heavy atom. The molecule has 0 heterocycles. The lowest BCUT2D eigenvalue weighted by molar-refractivity contribution is 0.0600. The van der Waals surface area contributed by atoms with E-state index >= 15 is 0 Å². The van der Waals surface area contributed by atoms with E-state index in [1.165, 1.54) is 12.7 Å². The lowest BCUT2D eigenvalue weighted by Gasteiger charge is -2.32. The maximum absolute atomic E-state index is 11.9. The zero-order valence-corrected chi connectivity index (χ0v) is 16.3. The van der Waals surface area contributed by atoms with Gasteiger partial charge in [0.05, 0.1) is 22.7 Å². The van der Waals surface area contributed by atoms with Crippen LogP contribution in [0.4, 0.5) is 0 Å². The number of carbonyl (C=O) groups excluding carboxylic acids is 1. The predicted molar refractivity (Wildman–Crippen MR) is 104 cm³/mol. The highest BCUT2D eigenvalue weighted by atomic mass is 35.5. The number of rotatable bonds is 3. The largest absolute Gasteiger partial charge is 0.465 e. The van der Waals surface area contributed by atoms with Gasteiger partial charge >= 0.3 is 5.97 Å². The Bertz CT molecular complexity index is 779. The van der Waals surface area contributed by atoms with Crippen molar-refractivity contribution in [3.8, 4) is 0 Å². The summed E-state index contributed by atoms with van der Waals surface area (Å²) in [7, 11) is 3.36. The maximum Gasteiger partial charge on any atom is 0.337 e. The molecule has 2 aromatic carbocycles. The van der Waals surface area contributed by atoms with Gasteiger partial charge in [0.25, 0.3) is 0 Å². The molecule has 0 bridgehead atoms. The molecule has 2 aromatic rings. The molecule has 1 N–H and O–H groups in total. The third kappa shape index (κ3) is 3.95. The van der Waals surface area contributed by atoms with Gasteiger partial charge in [-0.25, -0.2) is 4.79 Å². The Hall–Kier alpha value is -1.26. The van der Waals surface area contributed by atoms with Crippen LogP contribution >= 0.6 is 35.6 Å². The molecule has 0 fully saturated rings. The molecular weight excluding hydrogens is 381 g/mol. The summed E-state index contributed by atoms with van der Waals surface area (Å²) in [6, 6.07) is 11.8. The standard InChI is InChI=1S/C19H19Cl2NO2.ClH/c1-22-18-8-6-13(11-4-7-16(20)17(21)10-11)15-9-12(19(23)24-2)3-5-14(15)18;/h3-5,7,9-10,13,18,22H,6,8H2,1-2H3;1H. The third-order valence-electron chi connectivity index (χ3n) is 4.70. The number of carbonyl (C=O) groups is 1. The number of hydrogen-bond acceptors (Lipinski definition) is 3. The first kappa shape index (κ1) is 20.1. The number of hydrogen-bond donors (Lipinski definition) is 1. The van der Waals surface area contributed by atoms with E-state index in [0.29, 0.717) is 15.6 Å². The molecule has 0 aliphatic heterocycles. The summed E-state index contributed by atoms with van der Waals surface area (Å²) in [6.45, 7) is 0. The molecule has 2 unspecified atom stereocenters.